The molecule has 1 aliphatic rings. The summed E-state index contributed by atoms with van der Waals surface area (Å²) in [7, 11) is 0. The van der Waals surface area contributed by atoms with Gasteiger partial charge in [0.05, 0.1) is 11.6 Å². The number of carbonyl (C=O) groups excluding carboxylic acids is 2. The van der Waals surface area contributed by atoms with Crippen LogP contribution in [0.3, 0.4) is 0 Å². The first-order valence-corrected chi connectivity index (χ1v) is 10.2. The van der Waals surface area contributed by atoms with E-state index in [0.29, 0.717) is 16.6 Å². The van der Waals surface area contributed by atoms with Gasteiger partial charge in [0.2, 0.25) is 5.91 Å². The highest BCUT2D eigenvalue weighted by Gasteiger charge is 2.36. The topological polar surface area (TPSA) is 62.3 Å². The molecule has 1 atom stereocenters. The van der Waals surface area contributed by atoms with Crippen LogP contribution in [-0.2, 0) is 4.79 Å². The van der Waals surface area contributed by atoms with Gasteiger partial charge in [-0.25, -0.2) is 4.98 Å². The minimum atomic E-state index is -0.468. The highest BCUT2D eigenvalue weighted by molar-refractivity contribution is 7.99. The monoisotopic (exact) mass is 375 g/mol. The smallest absolute Gasteiger partial charge is 0.284 e. The van der Waals surface area contributed by atoms with Crippen LogP contribution in [0.5, 0.6) is 0 Å². The number of thiazole rings is 1. The zero-order valence-electron chi connectivity index (χ0n) is 14.5. The number of hydrogen-bond acceptors (Lipinski definition) is 5. The van der Waals surface area contributed by atoms with Crippen molar-refractivity contribution < 1.29 is 9.59 Å². The van der Waals surface area contributed by atoms with Crippen molar-refractivity contribution in [2.45, 2.75) is 32.7 Å². The summed E-state index contributed by atoms with van der Waals surface area (Å²) in [5.41, 5.74) is 2.75. The predicted octanol–water partition coefficient (Wildman–Crippen LogP) is 3.73. The number of aryl methyl sites for hydroxylation is 1. The highest BCUT2D eigenvalue weighted by Crippen LogP contribution is 2.26. The van der Waals surface area contributed by atoms with E-state index in [1.807, 2.05) is 50.4 Å². The summed E-state index contributed by atoms with van der Waals surface area (Å²) in [6.45, 7) is 6.08. The number of nitrogens with one attached hydrogen (secondary N) is 1. The number of thioether (sulfide) groups is 1. The number of aromatic nitrogens is 1. The number of anilines is 1. The lowest BCUT2D eigenvalue weighted by atomic mass is 10.2. The molecule has 0 unspecified atom stereocenters. The van der Waals surface area contributed by atoms with Gasteiger partial charge in [0.15, 0.2) is 5.01 Å². The molecule has 1 aromatic carbocycles. The maximum absolute atomic E-state index is 12.8. The number of amides is 2. The Balaban J connectivity index is 1.72. The quantitative estimate of drug-likeness (QED) is 0.884. The molecule has 2 amide bonds. The van der Waals surface area contributed by atoms with Crippen molar-refractivity contribution in [1.82, 2.24) is 9.88 Å². The Morgan fingerprint density at radius 1 is 1.36 bits per heavy atom. The van der Waals surface area contributed by atoms with E-state index in [9.17, 15) is 9.59 Å². The third-order valence-electron chi connectivity index (χ3n) is 4.03. The highest BCUT2D eigenvalue weighted by atomic mass is 32.2. The summed E-state index contributed by atoms with van der Waals surface area (Å²) in [4.78, 5) is 31.5. The van der Waals surface area contributed by atoms with E-state index >= 15 is 0 Å². The molecular formula is C18H21N3O2S2. The molecule has 5 nitrogen and oxygen atoms in total. The fraction of sp³-hybridized carbons (Fsp3) is 0.389. The van der Waals surface area contributed by atoms with E-state index in [0.717, 1.165) is 16.9 Å². The average molecular weight is 376 g/mol. The minimum Gasteiger partial charge on any atom is -0.324 e. The Kier molecular flexibility index (Phi) is 5.44. The van der Waals surface area contributed by atoms with Crippen molar-refractivity contribution in [1.29, 1.82) is 0 Å². The predicted molar refractivity (Wildman–Crippen MR) is 103 cm³/mol. The van der Waals surface area contributed by atoms with Gasteiger partial charge in [0.1, 0.15) is 6.04 Å². The SMILES string of the molecule is Cc1cccc(NC(=O)[C@@H]2CSCN2C(=O)c2nc(C(C)C)cs2)c1. The molecule has 1 fully saturated rings. The van der Waals surface area contributed by atoms with Crippen molar-refractivity contribution in [3.8, 4) is 0 Å². The lowest BCUT2D eigenvalue weighted by Gasteiger charge is -2.22. The molecular weight excluding hydrogens is 354 g/mol. The van der Waals surface area contributed by atoms with E-state index in [1.165, 1.54) is 11.3 Å². The summed E-state index contributed by atoms with van der Waals surface area (Å²) >= 11 is 2.94. The molecule has 1 saturated heterocycles. The van der Waals surface area contributed by atoms with E-state index in [2.05, 4.69) is 10.3 Å². The van der Waals surface area contributed by atoms with E-state index in [1.54, 1.807) is 16.7 Å². The number of benzene rings is 1. The molecule has 0 radical (unpaired) electrons. The molecule has 25 heavy (non-hydrogen) atoms. The number of rotatable bonds is 4. The molecule has 0 bridgehead atoms. The number of nitrogens with zero attached hydrogens (tertiary/aromatic N) is 2. The molecule has 2 heterocycles. The van der Waals surface area contributed by atoms with Crippen LogP contribution in [0.2, 0.25) is 0 Å². The maximum Gasteiger partial charge on any atom is 0.284 e. The molecule has 3 rings (SSSR count). The number of carbonyl (C=O) groups is 2. The van der Waals surface area contributed by atoms with Gasteiger partial charge < -0.3 is 10.2 Å². The van der Waals surface area contributed by atoms with E-state index in [-0.39, 0.29) is 17.7 Å². The van der Waals surface area contributed by atoms with Crippen LogP contribution in [0, 0.1) is 6.92 Å². The van der Waals surface area contributed by atoms with Gasteiger partial charge in [-0.3, -0.25) is 9.59 Å². The molecule has 0 spiro atoms. The van der Waals surface area contributed by atoms with Crippen LogP contribution in [0.4, 0.5) is 5.69 Å². The van der Waals surface area contributed by atoms with Gasteiger partial charge >= 0.3 is 0 Å². The molecule has 0 saturated carbocycles. The van der Waals surface area contributed by atoms with Crippen LogP contribution in [0.1, 0.15) is 40.8 Å². The second-order valence-electron chi connectivity index (χ2n) is 6.38. The fourth-order valence-corrected chi connectivity index (χ4v) is 4.67. The normalized spacial score (nSPS) is 17.1. The van der Waals surface area contributed by atoms with Crippen molar-refractivity contribution in [3.63, 3.8) is 0 Å². The van der Waals surface area contributed by atoms with Crippen molar-refractivity contribution in [3.05, 3.63) is 45.9 Å². The lowest BCUT2D eigenvalue weighted by molar-refractivity contribution is -0.119. The van der Waals surface area contributed by atoms with Gasteiger partial charge in [0.25, 0.3) is 5.91 Å². The van der Waals surface area contributed by atoms with Crippen LogP contribution in [0.25, 0.3) is 0 Å². The van der Waals surface area contributed by atoms with E-state index in [4.69, 9.17) is 0 Å². The Bertz CT molecular complexity index is 788. The van der Waals surface area contributed by atoms with Gasteiger partial charge in [-0.1, -0.05) is 26.0 Å². The summed E-state index contributed by atoms with van der Waals surface area (Å²) in [6.07, 6.45) is 0. The largest absolute Gasteiger partial charge is 0.324 e. The maximum atomic E-state index is 12.8. The molecule has 2 aromatic rings. The lowest BCUT2D eigenvalue weighted by Crippen LogP contribution is -2.44. The number of hydrogen-bond donors (Lipinski definition) is 1. The molecule has 1 aliphatic heterocycles. The van der Waals surface area contributed by atoms with Crippen LogP contribution < -0.4 is 5.32 Å². The van der Waals surface area contributed by atoms with Crippen molar-refractivity contribution >= 4 is 40.6 Å². The van der Waals surface area contributed by atoms with E-state index < -0.39 is 6.04 Å². The summed E-state index contributed by atoms with van der Waals surface area (Å²) < 4.78 is 0. The third kappa shape index (κ3) is 4.04. The summed E-state index contributed by atoms with van der Waals surface area (Å²) in [5, 5.41) is 5.30. The molecule has 1 N–H and O–H groups in total. The van der Waals surface area contributed by atoms with Gasteiger partial charge in [-0.15, -0.1) is 23.1 Å². The molecule has 132 valence electrons. The Labute approximate surface area is 155 Å². The zero-order chi connectivity index (χ0) is 18.0. The Hall–Kier alpha value is -1.86. The van der Waals surface area contributed by atoms with Crippen LogP contribution in [-0.4, -0.2) is 39.4 Å². The van der Waals surface area contributed by atoms with Crippen molar-refractivity contribution in [2.24, 2.45) is 0 Å². The Morgan fingerprint density at radius 3 is 2.84 bits per heavy atom. The zero-order valence-corrected chi connectivity index (χ0v) is 16.1. The van der Waals surface area contributed by atoms with Gasteiger partial charge in [-0.2, -0.15) is 0 Å². The minimum absolute atomic E-state index is 0.149. The van der Waals surface area contributed by atoms with Crippen molar-refractivity contribution in [2.75, 3.05) is 16.9 Å². The first-order chi connectivity index (χ1) is 12.0. The molecule has 1 aromatic heterocycles. The second-order valence-corrected chi connectivity index (χ2v) is 8.24. The summed E-state index contributed by atoms with van der Waals surface area (Å²) in [6, 6.07) is 7.19. The first-order valence-electron chi connectivity index (χ1n) is 8.17. The average Bonchev–Trinajstić information content (AvgIpc) is 3.24. The standard InChI is InChI=1S/C18H21N3O2S2/c1-11(2)14-8-25-17(20-14)18(23)21-10-24-9-15(21)16(22)19-13-6-4-5-12(3)7-13/h4-8,11,15H,9-10H2,1-3H3,(H,19,22)/t15-/m0/s1. The summed E-state index contributed by atoms with van der Waals surface area (Å²) in [5.74, 6) is 1.09. The van der Waals surface area contributed by atoms with Gasteiger partial charge in [0, 0.05) is 16.8 Å². The molecule has 7 heteroatoms. The van der Waals surface area contributed by atoms with Crippen LogP contribution in [0.15, 0.2) is 29.6 Å². The first kappa shape index (κ1) is 17.9. The third-order valence-corrected chi connectivity index (χ3v) is 5.89. The fourth-order valence-electron chi connectivity index (χ4n) is 2.58. The second kappa shape index (κ2) is 7.58. The van der Waals surface area contributed by atoms with Gasteiger partial charge in [-0.05, 0) is 30.5 Å². The van der Waals surface area contributed by atoms with Crippen LogP contribution >= 0.6 is 23.1 Å². The Morgan fingerprint density at radius 2 is 2.16 bits per heavy atom. The molecule has 0 aliphatic carbocycles.